The topological polar surface area (TPSA) is 59.8 Å². The number of methoxy groups -OCH3 is 1. The van der Waals surface area contributed by atoms with Crippen LogP contribution in [0.25, 0.3) is 0 Å². The highest BCUT2D eigenvalue weighted by atomic mass is 16.5. The molecule has 2 heterocycles. The third kappa shape index (κ3) is 2.80. The smallest absolute Gasteiger partial charge is 0.313 e. The molecule has 1 aromatic heterocycles. The molecule has 1 saturated heterocycles. The highest BCUT2D eigenvalue weighted by Gasteiger charge is 2.31. The summed E-state index contributed by atoms with van der Waals surface area (Å²) in [6, 6.07) is 1.62. The average molecular weight is 265 g/mol. The van der Waals surface area contributed by atoms with E-state index in [0.717, 1.165) is 13.1 Å². The first-order chi connectivity index (χ1) is 9.02. The van der Waals surface area contributed by atoms with Crippen LogP contribution in [0, 0.1) is 11.8 Å². The molecule has 0 spiro atoms. The third-order valence-corrected chi connectivity index (χ3v) is 3.78. The number of rotatable bonds is 3. The molecule has 1 aliphatic rings. The predicted molar refractivity (Wildman–Crippen MR) is 68.7 cm³/mol. The van der Waals surface area contributed by atoms with Crippen LogP contribution in [0.15, 0.2) is 16.7 Å². The monoisotopic (exact) mass is 265 g/mol. The number of carbonyl (C=O) groups is 2. The molecule has 0 N–H and O–H groups in total. The van der Waals surface area contributed by atoms with E-state index in [1.807, 2.05) is 4.90 Å². The molecule has 1 amide bonds. The van der Waals surface area contributed by atoms with Gasteiger partial charge >= 0.3 is 5.97 Å². The van der Waals surface area contributed by atoms with Gasteiger partial charge in [-0.25, -0.2) is 0 Å². The highest BCUT2D eigenvalue weighted by Crippen LogP contribution is 2.25. The maximum Gasteiger partial charge on any atom is 0.313 e. The van der Waals surface area contributed by atoms with Gasteiger partial charge in [0.25, 0.3) is 5.91 Å². The molecule has 19 heavy (non-hydrogen) atoms. The van der Waals surface area contributed by atoms with Gasteiger partial charge in [-0.05, 0) is 17.9 Å². The standard InChI is InChI=1S/C14H19NO4/c1-9-7-15(8-10(9)2)14(17)11-4-5-19-12(11)6-13(16)18-3/h4-5,9-10H,6-8H2,1-3H3/t9-,10-/m0/s1. The van der Waals surface area contributed by atoms with Gasteiger partial charge in [0.1, 0.15) is 12.2 Å². The summed E-state index contributed by atoms with van der Waals surface area (Å²) >= 11 is 0. The van der Waals surface area contributed by atoms with E-state index < -0.39 is 5.97 Å². The Morgan fingerprint density at radius 1 is 1.37 bits per heavy atom. The predicted octanol–water partition coefficient (Wildman–Crippen LogP) is 1.72. The maximum atomic E-state index is 12.4. The Morgan fingerprint density at radius 2 is 2.00 bits per heavy atom. The lowest BCUT2D eigenvalue weighted by molar-refractivity contribution is -0.140. The molecule has 1 fully saturated rings. The summed E-state index contributed by atoms with van der Waals surface area (Å²) in [5.41, 5.74) is 0.465. The summed E-state index contributed by atoms with van der Waals surface area (Å²) in [7, 11) is 1.32. The van der Waals surface area contributed by atoms with Crippen molar-refractivity contribution in [2.75, 3.05) is 20.2 Å². The zero-order chi connectivity index (χ0) is 14.0. The van der Waals surface area contributed by atoms with Crippen LogP contribution in [0.4, 0.5) is 0 Å². The van der Waals surface area contributed by atoms with Gasteiger partial charge in [-0.15, -0.1) is 0 Å². The molecule has 104 valence electrons. The molecule has 0 radical (unpaired) electrons. The molecule has 2 atom stereocenters. The number of furan rings is 1. The first kappa shape index (κ1) is 13.6. The fourth-order valence-electron chi connectivity index (χ4n) is 2.34. The van der Waals surface area contributed by atoms with Crippen molar-refractivity contribution in [2.45, 2.75) is 20.3 Å². The summed E-state index contributed by atoms with van der Waals surface area (Å²) in [6.07, 6.45) is 1.43. The fraction of sp³-hybridized carbons (Fsp3) is 0.571. The molecule has 0 aliphatic carbocycles. The summed E-state index contributed by atoms with van der Waals surface area (Å²) in [5.74, 6) is 0.903. The number of amides is 1. The van der Waals surface area contributed by atoms with Crippen LogP contribution in [-0.2, 0) is 16.0 Å². The van der Waals surface area contributed by atoms with Gasteiger partial charge in [0, 0.05) is 13.1 Å². The molecule has 0 aromatic carbocycles. The Bertz CT molecular complexity index is 470. The van der Waals surface area contributed by atoms with Gasteiger partial charge < -0.3 is 14.1 Å². The van der Waals surface area contributed by atoms with E-state index in [-0.39, 0.29) is 12.3 Å². The van der Waals surface area contributed by atoms with Crippen molar-refractivity contribution in [2.24, 2.45) is 11.8 Å². The molecule has 5 heteroatoms. The van der Waals surface area contributed by atoms with Crippen molar-refractivity contribution >= 4 is 11.9 Å². The van der Waals surface area contributed by atoms with Crippen LogP contribution in [0.2, 0.25) is 0 Å². The van der Waals surface area contributed by atoms with Crippen molar-refractivity contribution in [1.82, 2.24) is 4.90 Å². The molecule has 0 unspecified atom stereocenters. The number of ether oxygens (including phenoxy) is 1. The molecule has 0 bridgehead atoms. The number of esters is 1. The SMILES string of the molecule is COC(=O)Cc1occc1C(=O)N1C[C@H](C)[C@@H](C)C1. The van der Waals surface area contributed by atoms with Crippen LogP contribution < -0.4 is 0 Å². The Hall–Kier alpha value is -1.78. The molecule has 2 rings (SSSR count). The van der Waals surface area contributed by atoms with Crippen molar-refractivity contribution < 1.29 is 18.7 Å². The Kier molecular flexibility index (Phi) is 3.93. The van der Waals surface area contributed by atoms with E-state index in [4.69, 9.17) is 4.42 Å². The zero-order valence-electron chi connectivity index (χ0n) is 11.5. The van der Waals surface area contributed by atoms with E-state index in [9.17, 15) is 9.59 Å². The molecule has 0 saturated carbocycles. The molecule has 5 nitrogen and oxygen atoms in total. The minimum atomic E-state index is -0.410. The number of carbonyl (C=O) groups excluding carboxylic acids is 2. The second-order valence-corrected chi connectivity index (χ2v) is 5.18. The Labute approximate surface area is 112 Å². The lowest BCUT2D eigenvalue weighted by atomic mass is 10.0. The molecule has 1 aromatic rings. The van der Waals surface area contributed by atoms with E-state index in [1.54, 1.807) is 6.07 Å². The first-order valence-corrected chi connectivity index (χ1v) is 6.45. The fourth-order valence-corrected chi connectivity index (χ4v) is 2.34. The minimum Gasteiger partial charge on any atom is -0.469 e. The van der Waals surface area contributed by atoms with Gasteiger partial charge in [-0.2, -0.15) is 0 Å². The van der Waals surface area contributed by atoms with Crippen LogP contribution in [0.1, 0.15) is 30.0 Å². The molecular weight excluding hydrogens is 246 g/mol. The normalized spacial score (nSPS) is 22.6. The maximum absolute atomic E-state index is 12.4. The van der Waals surface area contributed by atoms with Gasteiger partial charge in [0.2, 0.25) is 0 Å². The van der Waals surface area contributed by atoms with E-state index in [2.05, 4.69) is 18.6 Å². The van der Waals surface area contributed by atoms with E-state index in [1.165, 1.54) is 13.4 Å². The zero-order valence-corrected chi connectivity index (χ0v) is 11.5. The van der Waals surface area contributed by atoms with Gasteiger partial charge in [0.15, 0.2) is 0 Å². The van der Waals surface area contributed by atoms with Crippen LogP contribution in [0.5, 0.6) is 0 Å². The van der Waals surface area contributed by atoms with Crippen molar-refractivity contribution in [1.29, 1.82) is 0 Å². The van der Waals surface area contributed by atoms with Gasteiger partial charge in [-0.1, -0.05) is 13.8 Å². The largest absolute Gasteiger partial charge is 0.469 e. The van der Waals surface area contributed by atoms with Crippen LogP contribution >= 0.6 is 0 Å². The minimum absolute atomic E-state index is 0.0104. The molecular formula is C14H19NO4. The van der Waals surface area contributed by atoms with E-state index in [0.29, 0.717) is 23.2 Å². The first-order valence-electron chi connectivity index (χ1n) is 6.45. The van der Waals surface area contributed by atoms with Crippen LogP contribution in [0.3, 0.4) is 0 Å². The second kappa shape index (κ2) is 5.47. The second-order valence-electron chi connectivity index (χ2n) is 5.18. The highest BCUT2D eigenvalue weighted by molar-refractivity contribution is 5.96. The summed E-state index contributed by atoms with van der Waals surface area (Å²) in [4.78, 5) is 25.5. The quantitative estimate of drug-likeness (QED) is 0.781. The van der Waals surface area contributed by atoms with Crippen molar-refractivity contribution in [3.05, 3.63) is 23.7 Å². The van der Waals surface area contributed by atoms with Crippen molar-refractivity contribution in [3.8, 4) is 0 Å². The van der Waals surface area contributed by atoms with Crippen LogP contribution in [-0.4, -0.2) is 37.0 Å². The summed E-state index contributed by atoms with van der Waals surface area (Å²) in [6.45, 7) is 5.79. The van der Waals surface area contributed by atoms with Crippen molar-refractivity contribution in [3.63, 3.8) is 0 Å². The third-order valence-electron chi connectivity index (χ3n) is 3.78. The van der Waals surface area contributed by atoms with Gasteiger partial charge in [-0.3, -0.25) is 9.59 Å². The Morgan fingerprint density at radius 3 is 2.58 bits per heavy atom. The lowest BCUT2D eigenvalue weighted by Crippen LogP contribution is -2.29. The number of hydrogen-bond acceptors (Lipinski definition) is 4. The Balaban J connectivity index is 2.12. The summed E-state index contributed by atoms with van der Waals surface area (Å²) < 4.78 is 9.82. The van der Waals surface area contributed by atoms with E-state index >= 15 is 0 Å². The molecule has 1 aliphatic heterocycles. The number of hydrogen-bond donors (Lipinski definition) is 0. The average Bonchev–Trinajstić information content (AvgIpc) is 2.96. The number of nitrogens with zero attached hydrogens (tertiary/aromatic N) is 1. The summed E-state index contributed by atoms with van der Waals surface area (Å²) in [5, 5.41) is 0. The van der Waals surface area contributed by atoms with Gasteiger partial charge in [0.05, 0.1) is 18.9 Å². The lowest BCUT2D eigenvalue weighted by Gasteiger charge is -2.15. The number of likely N-dealkylation sites (tertiary alicyclic amines) is 1.